The minimum absolute atomic E-state index is 0.0386. The van der Waals surface area contributed by atoms with Crippen LogP contribution in [0.15, 0.2) is 48.5 Å². The number of anilines is 2. The van der Waals surface area contributed by atoms with Crippen molar-refractivity contribution in [1.29, 1.82) is 0 Å². The predicted octanol–water partition coefficient (Wildman–Crippen LogP) is 4.45. The van der Waals surface area contributed by atoms with E-state index in [9.17, 15) is 9.59 Å². The lowest BCUT2D eigenvalue weighted by molar-refractivity contribution is -0.134. The Kier molecular flexibility index (Phi) is 10.2. The van der Waals surface area contributed by atoms with Gasteiger partial charge in [-0.15, -0.1) is 0 Å². The van der Waals surface area contributed by atoms with Crippen LogP contribution in [0.1, 0.15) is 44.2 Å². The summed E-state index contributed by atoms with van der Waals surface area (Å²) in [6.07, 6.45) is 0.712. The Bertz CT molecular complexity index is 900. The highest BCUT2D eigenvalue weighted by molar-refractivity contribution is 5.90. The maximum Gasteiger partial charge on any atom is 0.319 e. The Morgan fingerprint density at radius 2 is 1.76 bits per heavy atom. The quantitative estimate of drug-likeness (QED) is 0.526. The molecule has 7 nitrogen and oxygen atoms in total. The number of rotatable bonds is 11. The Morgan fingerprint density at radius 1 is 1.06 bits per heavy atom. The van der Waals surface area contributed by atoms with Gasteiger partial charge in [-0.1, -0.05) is 37.3 Å². The van der Waals surface area contributed by atoms with Crippen molar-refractivity contribution in [3.8, 4) is 0 Å². The van der Waals surface area contributed by atoms with Crippen LogP contribution in [0.25, 0.3) is 0 Å². The first-order chi connectivity index (χ1) is 15.8. The number of hydrogen-bond donors (Lipinski definition) is 2. The maximum absolute atomic E-state index is 13.6. The van der Waals surface area contributed by atoms with E-state index in [4.69, 9.17) is 4.74 Å². The van der Waals surface area contributed by atoms with Gasteiger partial charge in [0, 0.05) is 51.7 Å². The molecule has 3 amide bonds. The summed E-state index contributed by atoms with van der Waals surface area (Å²) < 4.78 is 5.30. The van der Waals surface area contributed by atoms with Crippen LogP contribution < -0.4 is 15.5 Å². The fourth-order valence-electron chi connectivity index (χ4n) is 3.79. The van der Waals surface area contributed by atoms with E-state index in [-0.39, 0.29) is 23.9 Å². The van der Waals surface area contributed by atoms with E-state index in [0.29, 0.717) is 31.8 Å². The Balaban J connectivity index is 2.34. The number of nitrogens with one attached hydrogen (secondary N) is 2. The van der Waals surface area contributed by atoms with Gasteiger partial charge in [0.1, 0.15) is 0 Å². The molecule has 1 unspecified atom stereocenters. The van der Waals surface area contributed by atoms with Crippen LogP contribution in [0.4, 0.5) is 16.2 Å². The Hall–Kier alpha value is -3.06. The van der Waals surface area contributed by atoms with Crippen LogP contribution in [0.3, 0.4) is 0 Å². The fraction of sp³-hybridized carbons (Fsp3) is 0.462. The summed E-state index contributed by atoms with van der Waals surface area (Å²) in [6, 6.07) is 15.5. The molecule has 0 aromatic heterocycles. The number of urea groups is 1. The van der Waals surface area contributed by atoms with Crippen LogP contribution in [-0.4, -0.2) is 57.2 Å². The monoisotopic (exact) mass is 454 g/mol. The number of nitrogens with zero attached hydrogens (tertiary/aromatic N) is 2. The normalized spacial score (nSPS) is 11.7. The van der Waals surface area contributed by atoms with Crippen molar-refractivity contribution in [2.75, 3.05) is 44.6 Å². The number of carbonyl (C=O) groups excluding carboxylic acids is 2. The summed E-state index contributed by atoms with van der Waals surface area (Å²) in [7, 11) is 5.58. The number of ether oxygens (including phenoxy) is 1. The second-order valence-electron chi connectivity index (χ2n) is 8.62. The lowest BCUT2D eigenvalue weighted by Gasteiger charge is -2.29. The SMILES string of the molecule is CCC(C(=O)N(CCOC)Cc1cc(NC(=O)NC(C)C)ccc1N(C)C)c1ccccc1. The number of methoxy groups -OCH3 is 1. The molecule has 0 radical (unpaired) electrons. The first kappa shape index (κ1) is 26.2. The summed E-state index contributed by atoms with van der Waals surface area (Å²) in [5.41, 5.74) is 3.64. The zero-order valence-electron chi connectivity index (χ0n) is 20.7. The molecule has 2 N–H and O–H groups in total. The maximum atomic E-state index is 13.6. The average Bonchev–Trinajstić information content (AvgIpc) is 2.77. The molecule has 0 aliphatic heterocycles. The highest BCUT2D eigenvalue weighted by Gasteiger charge is 2.25. The Morgan fingerprint density at radius 3 is 2.33 bits per heavy atom. The molecule has 0 fully saturated rings. The van der Waals surface area contributed by atoms with Gasteiger partial charge in [-0.25, -0.2) is 4.79 Å². The zero-order chi connectivity index (χ0) is 24.4. The lowest BCUT2D eigenvalue weighted by Crippen LogP contribution is -2.37. The molecule has 0 spiro atoms. The molecular weight excluding hydrogens is 416 g/mol. The van der Waals surface area contributed by atoms with Gasteiger partial charge in [-0.3, -0.25) is 4.79 Å². The highest BCUT2D eigenvalue weighted by atomic mass is 16.5. The van der Waals surface area contributed by atoms with Crippen LogP contribution in [0.2, 0.25) is 0 Å². The molecule has 2 aromatic rings. The summed E-state index contributed by atoms with van der Waals surface area (Å²) >= 11 is 0. The first-order valence-electron chi connectivity index (χ1n) is 11.5. The third-order valence-corrected chi connectivity index (χ3v) is 5.39. The fourth-order valence-corrected chi connectivity index (χ4v) is 3.79. The zero-order valence-corrected chi connectivity index (χ0v) is 20.7. The van der Waals surface area contributed by atoms with Crippen molar-refractivity contribution in [2.24, 2.45) is 0 Å². The standard InChI is InChI=1S/C26H38N4O3/c1-7-23(20-11-9-8-10-12-20)25(31)30(15-16-33-6)18-21-17-22(13-14-24(21)29(4)5)28-26(32)27-19(2)3/h8-14,17,19,23H,7,15-16,18H2,1-6H3,(H2,27,28,32). The Labute approximate surface area is 198 Å². The van der Waals surface area contributed by atoms with E-state index >= 15 is 0 Å². The van der Waals surface area contributed by atoms with Crippen molar-refractivity contribution in [2.45, 2.75) is 45.7 Å². The second-order valence-corrected chi connectivity index (χ2v) is 8.62. The smallest absolute Gasteiger partial charge is 0.319 e. The van der Waals surface area contributed by atoms with E-state index in [0.717, 1.165) is 16.8 Å². The molecule has 1 atom stereocenters. The molecule has 0 bridgehead atoms. The minimum Gasteiger partial charge on any atom is -0.383 e. The molecule has 33 heavy (non-hydrogen) atoms. The van der Waals surface area contributed by atoms with Gasteiger partial charge in [0.2, 0.25) is 5.91 Å². The molecule has 0 aliphatic rings. The molecule has 0 saturated carbocycles. The number of hydrogen-bond acceptors (Lipinski definition) is 4. The van der Waals surface area contributed by atoms with Gasteiger partial charge in [0.05, 0.1) is 12.5 Å². The van der Waals surface area contributed by atoms with Crippen LogP contribution in [0, 0.1) is 0 Å². The summed E-state index contributed by atoms with van der Waals surface area (Å²) in [5, 5.41) is 5.72. The van der Waals surface area contributed by atoms with Gasteiger partial charge >= 0.3 is 6.03 Å². The molecular formula is C26H38N4O3. The van der Waals surface area contributed by atoms with E-state index in [1.54, 1.807) is 7.11 Å². The van der Waals surface area contributed by atoms with E-state index in [1.165, 1.54) is 0 Å². The highest BCUT2D eigenvalue weighted by Crippen LogP contribution is 2.27. The van der Waals surface area contributed by atoms with E-state index < -0.39 is 0 Å². The first-order valence-corrected chi connectivity index (χ1v) is 11.5. The van der Waals surface area contributed by atoms with Crippen molar-refractivity contribution in [3.05, 3.63) is 59.7 Å². The molecule has 0 aliphatic carbocycles. The van der Waals surface area contributed by atoms with Crippen LogP contribution in [0.5, 0.6) is 0 Å². The molecule has 0 saturated heterocycles. The number of benzene rings is 2. The van der Waals surface area contributed by atoms with Crippen LogP contribution >= 0.6 is 0 Å². The number of amides is 3. The second kappa shape index (κ2) is 12.8. The minimum atomic E-state index is -0.254. The molecule has 180 valence electrons. The van der Waals surface area contributed by atoms with Crippen molar-refractivity contribution >= 4 is 23.3 Å². The largest absolute Gasteiger partial charge is 0.383 e. The lowest BCUT2D eigenvalue weighted by atomic mass is 9.94. The van der Waals surface area contributed by atoms with Crippen molar-refractivity contribution in [1.82, 2.24) is 10.2 Å². The summed E-state index contributed by atoms with van der Waals surface area (Å²) in [6.45, 7) is 7.21. The van der Waals surface area contributed by atoms with Gasteiger partial charge in [0.15, 0.2) is 0 Å². The summed E-state index contributed by atoms with van der Waals surface area (Å²) in [5.74, 6) is -0.148. The topological polar surface area (TPSA) is 73.9 Å². The van der Waals surface area contributed by atoms with Gasteiger partial charge in [-0.05, 0) is 49.6 Å². The summed E-state index contributed by atoms with van der Waals surface area (Å²) in [4.78, 5) is 29.7. The molecule has 7 heteroatoms. The third kappa shape index (κ3) is 7.79. The number of carbonyl (C=O) groups is 2. The van der Waals surface area contributed by atoms with Crippen LogP contribution in [-0.2, 0) is 16.1 Å². The van der Waals surface area contributed by atoms with Crippen molar-refractivity contribution < 1.29 is 14.3 Å². The van der Waals surface area contributed by atoms with Gasteiger partial charge < -0.3 is 25.2 Å². The predicted molar refractivity (Wildman–Crippen MR) is 135 cm³/mol. The molecule has 2 rings (SSSR count). The average molecular weight is 455 g/mol. The van der Waals surface area contributed by atoms with Gasteiger partial charge in [-0.2, -0.15) is 0 Å². The van der Waals surface area contributed by atoms with E-state index in [1.807, 2.05) is 93.2 Å². The third-order valence-electron chi connectivity index (χ3n) is 5.39. The van der Waals surface area contributed by atoms with E-state index in [2.05, 4.69) is 10.6 Å². The molecule has 0 heterocycles. The van der Waals surface area contributed by atoms with Crippen molar-refractivity contribution in [3.63, 3.8) is 0 Å². The van der Waals surface area contributed by atoms with Gasteiger partial charge in [0.25, 0.3) is 0 Å². The molecule has 2 aromatic carbocycles.